The lowest BCUT2D eigenvalue weighted by atomic mass is 10.1. The maximum absolute atomic E-state index is 11.1. The number of aromatic nitrogens is 2. The molecule has 5 heteroatoms. The molecule has 122 valence electrons. The van der Waals surface area contributed by atoms with E-state index in [1.165, 1.54) is 0 Å². The van der Waals surface area contributed by atoms with Crippen LogP contribution in [-0.4, -0.2) is 27.7 Å². The van der Waals surface area contributed by atoms with Gasteiger partial charge >= 0.3 is 5.97 Å². The van der Waals surface area contributed by atoms with Crippen LogP contribution >= 0.6 is 0 Å². The second-order valence-corrected chi connectivity index (χ2v) is 5.50. The molecule has 0 aliphatic carbocycles. The van der Waals surface area contributed by atoms with Crippen molar-refractivity contribution < 1.29 is 14.6 Å². The summed E-state index contributed by atoms with van der Waals surface area (Å²) in [6.07, 6.45) is 4.38. The van der Waals surface area contributed by atoms with Gasteiger partial charge in [0, 0.05) is 25.4 Å². The van der Waals surface area contributed by atoms with E-state index in [9.17, 15) is 4.79 Å². The number of hydrogen-bond donors (Lipinski definition) is 1. The number of imidazole rings is 1. The highest BCUT2D eigenvalue weighted by Gasteiger charge is 2.07. The van der Waals surface area contributed by atoms with Gasteiger partial charge in [0.05, 0.1) is 12.7 Å². The molecule has 0 amide bonds. The summed E-state index contributed by atoms with van der Waals surface area (Å²) >= 11 is 0. The second-order valence-electron chi connectivity index (χ2n) is 5.50. The Balaban J connectivity index is 1.77. The number of carboxylic acids is 1. The molecule has 0 aliphatic rings. The minimum atomic E-state index is -0.916. The molecule has 0 saturated carbocycles. The van der Waals surface area contributed by atoms with Crippen molar-refractivity contribution in [3.8, 4) is 5.75 Å². The molecule has 3 aromatic rings. The molecule has 24 heavy (non-hydrogen) atoms. The Morgan fingerprint density at radius 3 is 2.67 bits per heavy atom. The van der Waals surface area contributed by atoms with Crippen LogP contribution in [0.2, 0.25) is 0 Å². The molecule has 3 rings (SSSR count). The Bertz CT molecular complexity index is 838. The fourth-order valence-electron chi connectivity index (χ4n) is 2.58. The molecule has 0 aliphatic heterocycles. The van der Waals surface area contributed by atoms with Gasteiger partial charge in [0.25, 0.3) is 0 Å². The first-order valence-corrected chi connectivity index (χ1v) is 7.61. The van der Waals surface area contributed by atoms with E-state index < -0.39 is 5.97 Å². The Hall–Kier alpha value is -3.08. The van der Waals surface area contributed by atoms with Crippen molar-refractivity contribution in [3.05, 3.63) is 83.4 Å². The van der Waals surface area contributed by atoms with E-state index in [1.807, 2.05) is 41.1 Å². The third kappa shape index (κ3) is 3.63. The number of aromatic carboxylic acids is 1. The maximum Gasteiger partial charge on any atom is 0.335 e. The second kappa shape index (κ2) is 7.00. The molecule has 0 radical (unpaired) electrons. The van der Waals surface area contributed by atoms with Crippen LogP contribution < -0.4 is 4.74 Å². The molecular weight excluding hydrogens is 304 g/mol. The first-order valence-electron chi connectivity index (χ1n) is 7.61. The summed E-state index contributed by atoms with van der Waals surface area (Å²) in [6.45, 7) is 0.590. The van der Waals surface area contributed by atoms with Gasteiger partial charge in [-0.15, -0.1) is 0 Å². The lowest BCUT2D eigenvalue weighted by Gasteiger charge is -2.09. The highest BCUT2D eigenvalue weighted by atomic mass is 16.5. The SMILES string of the molecule is COc1ccc(Cc2nccn2Cc2cccc(C(=O)O)c2)cc1. The lowest BCUT2D eigenvalue weighted by Crippen LogP contribution is -2.06. The molecule has 2 aromatic carbocycles. The van der Waals surface area contributed by atoms with Crippen molar-refractivity contribution in [2.75, 3.05) is 7.11 Å². The van der Waals surface area contributed by atoms with Crippen LogP contribution in [0.1, 0.15) is 27.3 Å². The maximum atomic E-state index is 11.1. The molecule has 0 spiro atoms. The van der Waals surface area contributed by atoms with Crippen LogP contribution in [0.5, 0.6) is 5.75 Å². The summed E-state index contributed by atoms with van der Waals surface area (Å²) in [5.74, 6) is 0.842. The molecule has 5 nitrogen and oxygen atoms in total. The number of rotatable bonds is 6. The van der Waals surface area contributed by atoms with E-state index in [0.717, 1.165) is 22.7 Å². The summed E-state index contributed by atoms with van der Waals surface area (Å²) in [5, 5.41) is 9.10. The first-order chi connectivity index (χ1) is 11.7. The van der Waals surface area contributed by atoms with Gasteiger partial charge in [0.1, 0.15) is 11.6 Å². The van der Waals surface area contributed by atoms with E-state index in [1.54, 1.807) is 31.5 Å². The van der Waals surface area contributed by atoms with E-state index >= 15 is 0 Å². The highest BCUT2D eigenvalue weighted by molar-refractivity contribution is 5.87. The lowest BCUT2D eigenvalue weighted by molar-refractivity contribution is 0.0696. The summed E-state index contributed by atoms with van der Waals surface area (Å²) in [6, 6.07) is 14.9. The number of carboxylic acid groups (broad SMARTS) is 1. The number of carbonyl (C=O) groups is 1. The molecule has 1 N–H and O–H groups in total. The van der Waals surface area contributed by atoms with Crippen molar-refractivity contribution >= 4 is 5.97 Å². The van der Waals surface area contributed by atoms with Crippen molar-refractivity contribution in [2.45, 2.75) is 13.0 Å². The average molecular weight is 322 g/mol. The third-order valence-electron chi connectivity index (χ3n) is 3.85. The Morgan fingerprint density at radius 1 is 1.17 bits per heavy atom. The number of hydrogen-bond acceptors (Lipinski definition) is 3. The molecule has 1 aromatic heterocycles. The van der Waals surface area contributed by atoms with Crippen molar-refractivity contribution in [1.29, 1.82) is 0 Å². The predicted molar refractivity (Wildman–Crippen MR) is 90.5 cm³/mol. The summed E-state index contributed by atoms with van der Waals surface area (Å²) < 4.78 is 7.20. The van der Waals surface area contributed by atoms with Crippen molar-refractivity contribution in [2.24, 2.45) is 0 Å². The predicted octanol–water partition coefficient (Wildman–Crippen LogP) is 3.23. The third-order valence-corrected chi connectivity index (χ3v) is 3.85. The number of nitrogens with zero attached hydrogens (tertiary/aromatic N) is 2. The number of benzene rings is 2. The van der Waals surface area contributed by atoms with Crippen LogP contribution in [0.3, 0.4) is 0 Å². The smallest absolute Gasteiger partial charge is 0.335 e. The zero-order chi connectivity index (χ0) is 16.9. The number of methoxy groups -OCH3 is 1. The van der Waals surface area contributed by atoms with E-state index in [2.05, 4.69) is 4.98 Å². The van der Waals surface area contributed by atoms with Gasteiger partial charge in [-0.3, -0.25) is 0 Å². The zero-order valence-electron chi connectivity index (χ0n) is 13.3. The van der Waals surface area contributed by atoms with Gasteiger partial charge in [0.2, 0.25) is 0 Å². The van der Waals surface area contributed by atoms with Gasteiger partial charge in [-0.05, 0) is 35.4 Å². The van der Waals surface area contributed by atoms with Crippen LogP contribution in [0.25, 0.3) is 0 Å². The topological polar surface area (TPSA) is 64.4 Å². The molecule has 0 atom stereocenters. The minimum absolute atomic E-state index is 0.296. The quantitative estimate of drug-likeness (QED) is 0.757. The van der Waals surface area contributed by atoms with E-state index in [-0.39, 0.29) is 0 Å². The first kappa shape index (κ1) is 15.8. The van der Waals surface area contributed by atoms with Gasteiger partial charge in [-0.25, -0.2) is 9.78 Å². The summed E-state index contributed by atoms with van der Waals surface area (Å²) in [5.41, 5.74) is 2.37. The zero-order valence-corrected chi connectivity index (χ0v) is 13.3. The monoisotopic (exact) mass is 322 g/mol. The largest absolute Gasteiger partial charge is 0.497 e. The van der Waals surface area contributed by atoms with E-state index in [4.69, 9.17) is 9.84 Å². The fraction of sp³-hybridized carbons (Fsp3) is 0.158. The highest BCUT2D eigenvalue weighted by Crippen LogP contribution is 2.15. The van der Waals surface area contributed by atoms with Crippen LogP contribution in [0, 0.1) is 0 Å². The van der Waals surface area contributed by atoms with Gasteiger partial charge in [-0.2, -0.15) is 0 Å². The van der Waals surface area contributed by atoms with Gasteiger partial charge in [0.15, 0.2) is 0 Å². The fourth-order valence-corrected chi connectivity index (χ4v) is 2.58. The summed E-state index contributed by atoms with van der Waals surface area (Å²) in [7, 11) is 1.65. The summed E-state index contributed by atoms with van der Waals surface area (Å²) in [4.78, 5) is 15.5. The Morgan fingerprint density at radius 2 is 1.96 bits per heavy atom. The Kier molecular flexibility index (Phi) is 4.61. The molecule has 0 unspecified atom stereocenters. The molecule has 1 heterocycles. The Labute approximate surface area is 140 Å². The van der Waals surface area contributed by atoms with Crippen molar-refractivity contribution in [1.82, 2.24) is 9.55 Å². The number of ether oxygens (including phenoxy) is 1. The molecular formula is C19H18N2O3. The van der Waals surface area contributed by atoms with Crippen LogP contribution in [0.4, 0.5) is 0 Å². The van der Waals surface area contributed by atoms with Crippen molar-refractivity contribution in [3.63, 3.8) is 0 Å². The standard InChI is InChI=1S/C19H18N2O3/c1-24-17-7-5-14(6-8-17)12-18-20-9-10-21(18)13-15-3-2-4-16(11-15)19(22)23/h2-11H,12-13H2,1H3,(H,22,23). The van der Waals surface area contributed by atoms with E-state index in [0.29, 0.717) is 18.5 Å². The molecule has 0 bridgehead atoms. The van der Waals surface area contributed by atoms with Crippen LogP contribution in [0.15, 0.2) is 60.9 Å². The molecule has 0 fully saturated rings. The van der Waals surface area contributed by atoms with Gasteiger partial charge in [-0.1, -0.05) is 24.3 Å². The molecule has 0 saturated heterocycles. The normalized spacial score (nSPS) is 10.5. The van der Waals surface area contributed by atoms with Crippen LogP contribution in [-0.2, 0) is 13.0 Å². The average Bonchev–Trinajstić information content (AvgIpc) is 3.02. The minimum Gasteiger partial charge on any atom is -0.497 e. The van der Waals surface area contributed by atoms with Gasteiger partial charge < -0.3 is 14.4 Å².